The van der Waals surface area contributed by atoms with Crippen molar-refractivity contribution in [2.45, 2.75) is 19.8 Å². The van der Waals surface area contributed by atoms with E-state index in [-0.39, 0.29) is 38.6 Å². The van der Waals surface area contributed by atoms with Crippen molar-refractivity contribution in [3.63, 3.8) is 0 Å². The first kappa shape index (κ1) is 19.0. The van der Waals surface area contributed by atoms with E-state index in [1.54, 1.807) is 12.1 Å². The van der Waals surface area contributed by atoms with Crippen molar-refractivity contribution in [2.24, 2.45) is 0 Å². The van der Waals surface area contributed by atoms with Gasteiger partial charge < -0.3 is 24.3 Å². The fourth-order valence-electron chi connectivity index (χ4n) is 2.57. The normalized spacial score (nSPS) is 10.8. The number of amides is 1. The molecule has 0 aliphatic rings. The number of hydrogen-bond acceptors (Lipinski definition) is 6. The van der Waals surface area contributed by atoms with Crippen molar-refractivity contribution < 1.29 is 24.2 Å². The third-order valence-corrected chi connectivity index (χ3v) is 3.82. The van der Waals surface area contributed by atoms with E-state index in [0.717, 1.165) is 10.9 Å². The molecule has 0 aliphatic carbocycles. The Morgan fingerprint density at radius 3 is 2.60 bits per heavy atom. The van der Waals surface area contributed by atoms with E-state index in [0.29, 0.717) is 24.4 Å². The van der Waals surface area contributed by atoms with Crippen LogP contribution in [0.2, 0.25) is 0 Å². The Hall–Kier alpha value is -2.38. The van der Waals surface area contributed by atoms with E-state index in [1.165, 1.54) is 11.0 Å². The van der Waals surface area contributed by atoms with Crippen molar-refractivity contribution in [1.82, 2.24) is 4.90 Å². The van der Waals surface area contributed by atoms with Gasteiger partial charge >= 0.3 is 5.63 Å². The zero-order valence-corrected chi connectivity index (χ0v) is 14.2. The summed E-state index contributed by atoms with van der Waals surface area (Å²) in [6.45, 7) is 2.33. The molecular formula is C18H23NO6. The van der Waals surface area contributed by atoms with Crippen LogP contribution in [-0.2, 0) is 4.79 Å². The lowest BCUT2D eigenvalue weighted by molar-refractivity contribution is -0.132. The molecule has 2 N–H and O–H groups in total. The number of carbonyl (C=O) groups excluding carboxylic acids is 1. The standard InChI is InChI=1S/C18H23NO6/c1-13-11-18(23)25-16-12-14(4-5-15(13)16)24-10-2-3-17(22)19(6-8-20)7-9-21/h4-5,11-12,20-21H,2-3,6-10H2,1H3. The van der Waals surface area contributed by atoms with Gasteiger partial charge in [-0.15, -0.1) is 0 Å². The maximum absolute atomic E-state index is 12.0. The van der Waals surface area contributed by atoms with Gasteiger partial charge in [-0.3, -0.25) is 4.79 Å². The quantitative estimate of drug-likeness (QED) is 0.519. The van der Waals surface area contributed by atoms with Crippen LogP contribution in [0.15, 0.2) is 33.5 Å². The molecule has 2 rings (SSSR count). The molecule has 0 aliphatic heterocycles. The maximum Gasteiger partial charge on any atom is 0.336 e. The minimum absolute atomic E-state index is 0.133. The molecular weight excluding hydrogens is 326 g/mol. The van der Waals surface area contributed by atoms with Gasteiger partial charge in [0.2, 0.25) is 5.91 Å². The molecule has 0 spiro atoms. The summed E-state index contributed by atoms with van der Waals surface area (Å²) in [4.78, 5) is 24.8. The van der Waals surface area contributed by atoms with Crippen molar-refractivity contribution in [1.29, 1.82) is 0 Å². The summed E-state index contributed by atoms with van der Waals surface area (Å²) in [5.41, 5.74) is 0.910. The highest BCUT2D eigenvalue weighted by molar-refractivity contribution is 5.81. The van der Waals surface area contributed by atoms with Gasteiger partial charge in [0.05, 0.1) is 19.8 Å². The first-order valence-electron chi connectivity index (χ1n) is 8.22. The van der Waals surface area contributed by atoms with Crippen LogP contribution in [0.1, 0.15) is 18.4 Å². The summed E-state index contributed by atoms with van der Waals surface area (Å²) in [5.74, 6) is 0.433. The minimum Gasteiger partial charge on any atom is -0.493 e. The molecule has 1 amide bonds. The Bertz CT molecular complexity index is 764. The molecule has 1 aromatic carbocycles. The topological polar surface area (TPSA) is 100 Å². The summed E-state index contributed by atoms with van der Waals surface area (Å²) in [5, 5.41) is 18.7. The molecule has 1 heterocycles. The van der Waals surface area contributed by atoms with E-state index in [9.17, 15) is 9.59 Å². The molecule has 7 nitrogen and oxygen atoms in total. The van der Waals surface area contributed by atoms with Crippen molar-refractivity contribution in [3.8, 4) is 5.75 Å². The molecule has 0 atom stereocenters. The lowest BCUT2D eigenvalue weighted by Gasteiger charge is -2.20. The minimum atomic E-state index is -0.402. The highest BCUT2D eigenvalue weighted by Crippen LogP contribution is 2.22. The maximum atomic E-state index is 12.0. The number of nitrogens with zero attached hydrogens (tertiary/aromatic N) is 1. The number of ether oxygens (including phenoxy) is 1. The Labute approximate surface area is 145 Å². The van der Waals surface area contributed by atoms with E-state index in [2.05, 4.69) is 0 Å². The van der Waals surface area contributed by atoms with Gasteiger partial charge in [0.1, 0.15) is 11.3 Å². The number of rotatable bonds is 9. The molecule has 0 saturated carbocycles. The third kappa shape index (κ3) is 5.30. The third-order valence-electron chi connectivity index (χ3n) is 3.82. The molecule has 0 unspecified atom stereocenters. The monoisotopic (exact) mass is 349 g/mol. The summed E-state index contributed by atoms with van der Waals surface area (Å²) in [6, 6.07) is 6.73. The molecule has 136 valence electrons. The van der Waals surface area contributed by atoms with E-state index in [1.807, 2.05) is 13.0 Å². The highest BCUT2D eigenvalue weighted by Gasteiger charge is 2.12. The van der Waals surface area contributed by atoms with Gasteiger partial charge in [-0.25, -0.2) is 4.79 Å². The second-order valence-electron chi connectivity index (χ2n) is 5.69. The van der Waals surface area contributed by atoms with Gasteiger partial charge in [0.15, 0.2) is 0 Å². The average molecular weight is 349 g/mol. The number of aryl methyl sites for hydroxylation is 1. The summed E-state index contributed by atoms with van der Waals surface area (Å²) in [6.07, 6.45) is 0.768. The fraction of sp³-hybridized carbons (Fsp3) is 0.444. The molecule has 0 bridgehead atoms. The lowest BCUT2D eigenvalue weighted by atomic mass is 10.1. The van der Waals surface area contributed by atoms with Crippen LogP contribution < -0.4 is 10.4 Å². The molecule has 7 heteroatoms. The lowest BCUT2D eigenvalue weighted by Crippen LogP contribution is -2.35. The summed E-state index contributed by atoms with van der Waals surface area (Å²) in [7, 11) is 0. The van der Waals surface area contributed by atoms with Crippen LogP contribution in [0.5, 0.6) is 5.75 Å². The number of benzene rings is 1. The number of carbonyl (C=O) groups is 1. The van der Waals surface area contributed by atoms with Crippen LogP contribution in [0.4, 0.5) is 0 Å². The molecule has 1 aromatic heterocycles. The Kier molecular flexibility index (Phi) is 6.97. The summed E-state index contributed by atoms with van der Waals surface area (Å²) < 4.78 is 10.8. The number of aliphatic hydroxyl groups is 2. The van der Waals surface area contributed by atoms with Gasteiger partial charge in [0.25, 0.3) is 0 Å². The number of aliphatic hydroxyl groups excluding tert-OH is 2. The smallest absolute Gasteiger partial charge is 0.336 e. The van der Waals surface area contributed by atoms with Gasteiger partial charge in [-0.1, -0.05) is 0 Å². The van der Waals surface area contributed by atoms with Crippen LogP contribution >= 0.6 is 0 Å². The highest BCUT2D eigenvalue weighted by atomic mass is 16.5. The van der Waals surface area contributed by atoms with Crippen LogP contribution in [-0.4, -0.2) is 53.9 Å². The van der Waals surface area contributed by atoms with E-state index < -0.39 is 5.63 Å². The molecule has 2 aromatic rings. The van der Waals surface area contributed by atoms with Crippen molar-refractivity contribution in [3.05, 3.63) is 40.2 Å². The molecule has 0 radical (unpaired) electrons. The van der Waals surface area contributed by atoms with Gasteiger partial charge in [-0.05, 0) is 31.0 Å². The average Bonchev–Trinajstić information content (AvgIpc) is 2.58. The SMILES string of the molecule is Cc1cc(=O)oc2cc(OCCCC(=O)N(CCO)CCO)ccc12. The molecule has 0 saturated heterocycles. The molecule has 0 fully saturated rings. The number of hydrogen-bond donors (Lipinski definition) is 2. The Morgan fingerprint density at radius 2 is 1.92 bits per heavy atom. The molecule has 25 heavy (non-hydrogen) atoms. The predicted octanol–water partition coefficient (Wildman–Crippen LogP) is 1.07. The van der Waals surface area contributed by atoms with Crippen LogP contribution in [0, 0.1) is 6.92 Å². The zero-order chi connectivity index (χ0) is 18.2. The van der Waals surface area contributed by atoms with Gasteiger partial charge in [0, 0.05) is 37.0 Å². The van der Waals surface area contributed by atoms with E-state index >= 15 is 0 Å². The number of fused-ring (bicyclic) bond motifs is 1. The Morgan fingerprint density at radius 1 is 1.20 bits per heavy atom. The first-order chi connectivity index (χ1) is 12.0. The Balaban J connectivity index is 1.88. The van der Waals surface area contributed by atoms with Crippen LogP contribution in [0.3, 0.4) is 0 Å². The predicted molar refractivity (Wildman–Crippen MR) is 92.7 cm³/mol. The largest absolute Gasteiger partial charge is 0.493 e. The van der Waals surface area contributed by atoms with Gasteiger partial charge in [-0.2, -0.15) is 0 Å². The zero-order valence-electron chi connectivity index (χ0n) is 14.2. The van der Waals surface area contributed by atoms with Crippen molar-refractivity contribution >= 4 is 16.9 Å². The van der Waals surface area contributed by atoms with Crippen molar-refractivity contribution in [2.75, 3.05) is 32.9 Å². The van der Waals surface area contributed by atoms with Crippen LogP contribution in [0.25, 0.3) is 11.0 Å². The second-order valence-corrected chi connectivity index (χ2v) is 5.69. The summed E-state index contributed by atoms with van der Waals surface area (Å²) >= 11 is 0. The fourth-order valence-corrected chi connectivity index (χ4v) is 2.57. The van der Waals surface area contributed by atoms with E-state index in [4.69, 9.17) is 19.4 Å². The first-order valence-corrected chi connectivity index (χ1v) is 8.22. The second kappa shape index (κ2) is 9.19.